The summed E-state index contributed by atoms with van der Waals surface area (Å²) in [7, 11) is 0. The highest BCUT2D eigenvalue weighted by atomic mass is 35.5. The number of benzene rings is 1. The molecular formula is C15H20ClN3O3. The van der Waals surface area contributed by atoms with Crippen LogP contribution < -0.4 is 0 Å². The van der Waals surface area contributed by atoms with Gasteiger partial charge in [-0.2, -0.15) is 0 Å². The molecule has 0 aliphatic heterocycles. The molecule has 1 aromatic carbocycles. The Labute approximate surface area is 134 Å². The second-order valence-corrected chi connectivity index (χ2v) is 5.27. The number of hydrogen-bond acceptors (Lipinski definition) is 3. The molecule has 0 bridgehead atoms. The Balaban J connectivity index is 0.000000541. The van der Waals surface area contributed by atoms with Gasteiger partial charge < -0.3 is 9.77 Å². The van der Waals surface area contributed by atoms with Crippen LogP contribution in [0.2, 0.25) is 5.02 Å². The molecule has 7 heteroatoms. The van der Waals surface area contributed by atoms with Gasteiger partial charge in [-0.3, -0.25) is 0 Å². The molecule has 0 aliphatic carbocycles. The molecule has 120 valence electrons. The third-order valence-corrected chi connectivity index (χ3v) is 3.59. The van der Waals surface area contributed by atoms with Crippen LogP contribution in [-0.4, -0.2) is 19.8 Å². The predicted molar refractivity (Wildman–Crippen MR) is 84.7 cm³/mol. The SMILES string of the molecule is CCCCC(Cn1ccnc1)c1ccccc1Cl.O=[N+]([O-])O. The van der Waals surface area contributed by atoms with Crippen molar-refractivity contribution in [3.8, 4) is 0 Å². The second-order valence-electron chi connectivity index (χ2n) is 4.86. The van der Waals surface area contributed by atoms with Gasteiger partial charge in [0.1, 0.15) is 0 Å². The Morgan fingerprint density at radius 3 is 2.68 bits per heavy atom. The summed E-state index contributed by atoms with van der Waals surface area (Å²) in [4.78, 5) is 12.5. The van der Waals surface area contributed by atoms with Crippen molar-refractivity contribution in [3.05, 3.63) is 63.7 Å². The van der Waals surface area contributed by atoms with Gasteiger partial charge in [-0.25, -0.2) is 4.98 Å². The number of hydrogen-bond donors (Lipinski definition) is 1. The zero-order chi connectivity index (χ0) is 16.4. The van der Waals surface area contributed by atoms with E-state index in [4.69, 9.17) is 26.9 Å². The van der Waals surface area contributed by atoms with E-state index in [1.54, 1.807) is 0 Å². The van der Waals surface area contributed by atoms with E-state index < -0.39 is 5.09 Å². The van der Waals surface area contributed by atoms with Crippen LogP contribution >= 0.6 is 11.6 Å². The van der Waals surface area contributed by atoms with Gasteiger partial charge in [0.2, 0.25) is 0 Å². The maximum absolute atomic E-state index is 8.36. The minimum atomic E-state index is -1.50. The van der Waals surface area contributed by atoms with Crippen molar-refractivity contribution < 1.29 is 10.3 Å². The Hall–Kier alpha value is -2.08. The molecule has 22 heavy (non-hydrogen) atoms. The van der Waals surface area contributed by atoms with Gasteiger partial charge in [0.15, 0.2) is 0 Å². The highest BCUT2D eigenvalue weighted by Crippen LogP contribution is 2.29. The average Bonchev–Trinajstić information content (AvgIpc) is 2.96. The Morgan fingerprint density at radius 2 is 2.14 bits per heavy atom. The highest BCUT2D eigenvalue weighted by molar-refractivity contribution is 6.31. The minimum Gasteiger partial charge on any atom is -0.337 e. The highest BCUT2D eigenvalue weighted by Gasteiger charge is 2.14. The van der Waals surface area contributed by atoms with Gasteiger partial charge in [0.05, 0.1) is 6.33 Å². The number of nitrogens with zero attached hydrogens (tertiary/aromatic N) is 3. The van der Waals surface area contributed by atoms with Crippen LogP contribution in [0.15, 0.2) is 43.0 Å². The van der Waals surface area contributed by atoms with E-state index in [-0.39, 0.29) is 0 Å². The molecule has 2 rings (SSSR count). The van der Waals surface area contributed by atoms with Crippen molar-refractivity contribution in [1.82, 2.24) is 9.55 Å². The Bertz CT molecular complexity index is 557. The quantitative estimate of drug-likeness (QED) is 0.638. The smallest absolute Gasteiger partial charge is 0.291 e. The molecule has 0 aliphatic rings. The van der Waals surface area contributed by atoms with E-state index in [9.17, 15) is 0 Å². The minimum absolute atomic E-state index is 0.466. The van der Waals surface area contributed by atoms with Gasteiger partial charge >= 0.3 is 0 Å². The van der Waals surface area contributed by atoms with Crippen LogP contribution in [0.1, 0.15) is 37.7 Å². The van der Waals surface area contributed by atoms with Crippen molar-refractivity contribution in [1.29, 1.82) is 0 Å². The summed E-state index contributed by atoms with van der Waals surface area (Å²) in [5.74, 6) is 0.466. The first kappa shape index (κ1) is 18.0. The van der Waals surface area contributed by atoms with Crippen molar-refractivity contribution >= 4 is 11.6 Å². The fourth-order valence-electron chi connectivity index (χ4n) is 2.25. The topological polar surface area (TPSA) is 81.2 Å². The van der Waals surface area contributed by atoms with Gasteiger partial charge in [-0.1, -0.05) is 49.6 Å². The summed E-state index contributed by atoms with van der Waals surface area (Å²) >= 11 is 6.31. The number of aromatic nitrogens is 2. The average molecular weight is 326 g/mol. The van der Waals surface area contributed by atoms with Crippen LogP contribution in [-0.2, 0) is 6.54 Å². The maximum Gasteiger partial charge on any atom is 0.291 e. The van der Waals surface area contributed by atoms with Gasteiger partial charge in [0.25, 0.3) is 5.09 Å². The van der Waals surface area contributed by atoms with E-state index in [2.05, 4.69) is 28.6 Å². The lowest BCUT2D eigenvalue weighted by molar-refractivity contribution is -0.742. The number of imidazole rings is 1. The summed E-state index contributed by atoms with van der Waals surface area (Å²) in [5.41, 5.74) is 1.25. The summed E-state index contributed by atoms with van der Waals surface area (Å²) < 4.78 is 2.13. The van der Waals surface area contributed by atoms with Crippen LogP contribution in [0, 0.1) is 10.1 Å². The second kappa shape index (κ2) is 9.78. The lowest BCUT2D eigenvalue weighted by atomic mass is 9.93. The molecule has 6 nitrogen and oxygen atoms in total. The lowest BCUT2D eigenvalue weighted by Crippen LogP contribution is -2.08. The maximum atomic E-state index is 8.36. The zero-order valence-corrected chi connectivity index (χ0v) is 13.2. The molecule has 0 amide bonds. The van der Waals surface area contributed by atoms with Gasteiger partial charge in [-0.15, -0.1) is 10.1 Å². The van der Waals surface area contributed by atoms with E-state index in [0.717, 1.165) is 11.6 Å². The molecule has 0 saturated heterocycles. The third-order valence-electron chi connectivity index (χ3n) is 3.24. The molecule has 1 N–H and O–H groups in total. The van der Waals surface area contributed by atoms with E-state index in [1.165, 1.54) is 24.8 Å². The summed E-state index contributed by atoms with van der Waals surface area (Å²) in [6.07, 6.45) is 9.31. The first-order chi connectivity index (χ1) is 10.5. The van der Waals surface area contributed by atoms with Crippen molar-refractivity contribution in [2.24, 2.45) is 0 Å². The van der Waals surface area contributed by atoms with Crippen molar-refractivity contribution in [3.63, 3.8) is 0 Å². The molecule has 0 fully saturated rings. The fraction of sp³-hybridized carbons (Fsp3) is 0.400. The van der Waals surface area contributed by atoms with Crippen molar-refractivity contribution in [2.45, 2.75) is 38.6 Å². The summed E-state index contributed by atoms with van der Waals surface area (Å²) in [6, 6.07) is 8.16. The summed E-state index contributed by atoms with van der Waals surface area (Å²) in [6.45, 7) is 3.17. The molecule has 1 heterocycles. The van der Waals surface area contributed by atoms with E-state index in [0.29, 0.717) is 5.92 Å². The van der Waals surface area contributed by atoms with Gasteiger partial charge in [0, 0.05) is 29.9 Å². The summed E-state index contributed by atoms with van der Waals surface area (Å²) in [5, 5.41) is 14.5. The number of rotatable bonds is 6. The fourth-order valence-corrected chi connectivity index (χ4v) is 2.54. The molecule has 0 radical (unpaired) electrons. The number of halogens is 1. The molecule has 1 aromatic heterocycles. The van der Waals surface area contributed by atoms with E-state index in [1.807, 2.05) is 30.9 Å². The largest absolute Gasteiger partial charge is 0.337 e. The first-order valence-electron chi connectivity index (χ1n) is 7.08. The van der Waals surface area contributed by atoms with Crippen molar-refractivity contribution in [2.75, 3.05) is 0 Å². The van der Waals surface area contributed by atoms with Crippen LogP contribution in [0.5, 0.6) is 0 Å². The van der Waals surface area contributed by atoms with Crippen LogP contribution in [0.4, 0.5) is 0 Å². The van der Waals surface area contributed by atoms with E-state index >= 15 is 0 Å². The monoisotopic (exact) mass is 325 g/mol. The molecular weight excluding hydrogens is 306 g/mol. The third kappa shape index (κ3) is 6.58. The zero-order valence-electron chi connectivity index (χ0n) is 12.4. The molecule has 2 aromatic rings. The molecule has 1 atom stereocenters. The normalized spacial score (nSPS) is 11.4. The Morgan fingerprint density at radius 1 is 1.45 bits per heavy atom. The standard InChI is InChI=1S/C15H19ClN2.HNO3/c1-2-3-6-13(11-18-10-9-17-12-18)14-7-4-5-8-15(14)16;2-1(3)4/h4-5,7-10,12-13H,2-3,6,11H2,1H3;(H,2,3,4). The van der Waals surface area contributed by atoms with Crippen LogP contribution in [0.3, 0.4) is 0 Å². The molecule has 1 unspecified atom stereocenters. The number of unbranched alkanes of at least 4 members (excludes halogenated alkanes) is 1. The predicted octanol–water partition coefficient (Wildman–Crippen LogP) is 4.16. The molecule has 0 saturated carbocycles. The lowest BCUT2D eigenvalue weighted by Gasteiger charge is -2.19. The Kier molecular flexibility index (Phi) is 7.99. The van der Waals surface area contributed by atoms with Gasteiger partial charge in [-0.05, 0) is 18.1 Å². The molecule has 0 spiro atoms. The first-order valence-corrected chi connectivity index (χ1v) is 7.45. The van der Waals surface area contributed by atoms with Crippen LogP contribution in [0.25, 0.3) is 0 Å².